The number of halogens is 1. The summed E-state index contributed by atoms with van der Waals surface area (Å²) in [5.74, 6) is 0. The van der Waals surface area contributed by atoms with Crippen molar-refractivity contribution in [2.75, 3.05) is 6.54 Å². The van der Waals surface area contributed by atoms with E-state index in [4.69, 9.17) is 0 Å². The molecule has 0 spiro atoms. The third-order valence-corrected chi connectivity index (χ3v) is 4.52. The number of benzene rings is 1. The first-order valence-corrected chi connectivity index (χ1v) is 7.79. The maximum Gasteiger partial charge on any atom is 0.123 e. The lowest BCUT2D eigenvalue weighted by molar-refractivity contribution is 0.667. The van der Waals surface area contributed by atoms with Crippen LogP contribution < -0.4 is 5.32 Å². The molecule has 0 atom stereocenters. The van der Waals surface area contributed by atoms with Gasteiger partial charge in [-0.05, 0) is 37.6 Å². The van der Waals surface area contributed by atoms with Gasteiger partial charge in [-0.15, -0.1) is 11.3 Å². The van der Waals surface area contributed by atoms with Gasteiger partial charge in [-0.3, -0.25) is 0 Å². The molecule has 2 rings (SSSR count). The Hall–Kier alpha value is -0.710. The van der Waals surface area contributed by atoms with Crippen molar-refractivity contribution in [1.82, 2.24) is 10.3 Å². The summed E-state index contributed by atoms with van der Waals surface area (Å²) in [7, 11) is 0. The summed E-state index contributed by atoms with van der Waals surface area (Å²) in [6.45, 7) is 6.18. The molecule has 0 fully saturated rings. The molecule has 0 aliphatic heterocycles. The van der Waals surface area contributed by atoms with Crippen molar-refractivity contribution in [3.8, 4) is 10.6 Å². The Morgan fingerprint density at radius 3 is 2.94 bits per heavy atom. The maximum absolute atomic E-state index is 4.66. The zero-order valence-electron chi connectivity index (χ0n) is 10.7. The largest absolute Gasteiger partial charge is 0.311 e. The highest BCUT2D eigenvalue weighted by molar-refractivity contribution is 9.10. The minimum atomic E-state index is 0.861. The molecule has 1 aromatic carbocycles. The van der Waals surface area contributed by atoms with Crippen molar-refractivity contribution in [2.45, 2.75) is 26.8 Å². The average Bonchev–Trinajstić information content (AvgIpc) is 2.82. The van der Waals surface area contributed by atoms with Crippen LogP contribution >= 0.6 is 27.3 Å². The van der Waals surface area contributed by atoms with Crippen molar-refractivity contribution in [2.24, 2.45) is 0 Å². The van der Waals surface area contributed by atoms with E-state index >= 15 is 0 Å². The van der Waals surface area contributed by atoms with E-state index in [0.717, 1.165) is 34.7 Å². The molecule has 0 radical (unpaired) electrons. The van der Waals surface area contributed by atoms with Gasteiger partial charge in [-0.1, -0.05) is 28.9 Å². The Kier molecular flexibility index (Phi) is 4.92. The molecular weight excluding hydrogens is 308 g/mol. The first-order valence-electron chi connectivity index (χ1n) is 6.12. The number of hydrogen-bond acceptors (Lipinski definition) is 3. The van der Waals surface area contributed by atoms with Crippen LogP contribution in [0.5, 0.6) is 0 Å². The molecule has 2 nitrogen and oxygen atoms in total. The van der Waals surface area contributed by atoms with Gasteiger partial charge in [-0.2, -0.15) is 0 Å². The molecule has 1 N–H and O–H groups in total. The summed E-state index contributed by atoms with van der Waals surface area (Å²) in [4.78, 5) is 4.66. The SMILES string of the molecule is CCCNCc1csc(-c2ccc(Br)c(C)c2)n1. The molecule has 96 valence electrons. The first-order chi connectivity index (χ1) is 8.70. The third-order valence-electron chi connectivity index (χ3n) is 2.69. The lowest BCUT2D eigenvalue weighted by Crippen LogP contribution is -2.13. The van der Waals surface area contributed by atoms with Crippen LogP contribution in [0.15, 0.2) is 28.1 Å². The Morgan fingerprint density at radius 2 is 2.22 bits per heavy atom. The number of nitrogens with zero attached hydrogens (tertiary/aromatic N) is 1. The van der Waals surface area contributed by atoms with Crippen molar-refractivity contribution < 1.29 is 0 Å². The van der Waals surface area contributed by atoms with Gasteiger partial charge in [0.15, 0.2) is 0 Å². The van der Waals surface area contributed by atoms with Crippen molar-refractivity contribution in [1.29, 1.82) is 0 Å². The summed E-state index contributed by atoms with van der Waals surface area (Å²) >= 11 is 5.23. The number of aryl methyl sites for hydroxylation is 1. The van der Waals surface area contributed by atoms with E-state index in [9.17, 15) is 0 Å². The van der Waals surface area contributed by atoms with Crippen LogP contribution in [0.4, 0.5) is 0 Å². The maximum atomic E-state index is 4.66. The van der Waals surface area contributed by atoms with Gasteiger partial charge in [0.2, 0.25) is 0 Å². The van der Waals surface area contributed by atoms with Crippen LogP contribution in [0, 0.1) is 6.92 Å². The molecule has 0 saturated heterocycles. The highest BCUT2D eigenvalue weighted by atomic mass is 79.9. The lowest BCUT2D eigenvalue weighted by Gasteiger charge is -2.01. The molecule has 18 heavy (non-hydrogen) atoms. The van der Waals surface area contributed by atoms with Crippen molar-refractivity contribution in [3.05, 3.63) is 39.3 Å². The molecule has 0 unspecified atom stereocenters. The Morgan fingerprint density at radius 1 is 1.39 bits per heavy atom. The van der Waals surface area contributed by atoms with Crippen LogP contribution in [0.2, 0.25) is 0 Å². The van der Waals surface area contributed by atoms with Crippen molar-refractivity contribution in [3.63, 3.8) is 0 Å². The van der Waals surface area contributed by atoms with Crippen molar-refractivity contribution >= 4 is 27.3 Å². The van der Waals surface area contributed by atoms with Crippen LogP contribution in [-0.4, -0.2) is 11.5 Å². The van der Waals surface area contributed by atoms with Gasteiger partial charge >= 0.3 is 0 Å². The first kappa shape index (κ1) is 13.7. The second-order valence-electron chi connectivity index (χ2n) is 4.28. The predicted molar refractivity (Wildman–Crippen MR) is 82.0 cm³/mol. The number of nitrogens with one attached hydrogen (secondary N) is 1. The molecule has 0 saturated carbocycles. The molecule has 1 heterocycles. The number of hydrogen-bond donors (Lipinski definition) is 1. The van der Waals surface area contributed by atoms with Gasteiger partial charge in [0, 0.05) is 22.0 Å². The molecule has 4 heteroatoms. The summed E-state index contributed by atoms with van der Waals surface area (Å²) in [5, 5.41) is 6.60. The van der Waals surface area contributed by atoms with E-state index in [-0.39, 0.29) is 0 Å². The fourth-order valence-corrected chi connectivity index (χ4v) is 2.76. The van der Waals surface area contributed by atoms with E-state index in [1.165, 1.54) is 11.1 Å². The second-order valence-corrected chi connectivity index (χ2v) is 6.00. The topological polar surface area (TPSA) is 24.9 Å². The number of thiazole rings is 1. The van der Waals surface area contributed by atoms with Crippen LogP contribution in [-0.2, 0) is 6.54 Å². The summed E-state index contributed by atoms with van der Waals surface area (Å²) in [6.07, 6.45) is 1.16. The van der Waals surface area contributed by atoms with E-state index in [2.05, 4.69) is 63.7 Å². The van der Waals surface area contributed by atoms with E-state index in [1.54, 1.807) is 11.3 Å². The predicted octanol–water partition coefficient (Wildman–Crippen LogP) is 4.38. The van der Waals surface area contributed by atoms with Gasteiger partial charge in [0.05, 0.1) is 5.69 Å². The molecule has 1 aromatic heterocycles. The van der Waals surface area contributed by atoms with E-state index < -0.39 is 0 Å². The van der Waals surface area contributed by atoms with Crippen LogP contribution in [0.25, 0.3) is 10.6 Å². The standard InChI is InChI=1S/C14H17BrN2S/c1-3-6-16-8-12-9-18-14(17-12)11-4-5-13(15)10(2)7-11/h4-5,7,9,16H,3,6,8H2,1-2H3. The minimum absolute atomic E-state index is 0.861. The molecule has 0 aliphatic carbocycles. The summed E-state index contributed by atoms with van der Waals surface area (Å²) in [5.41, 5.74) is 3.57. The zero-order chi connectivity index (χ0) is 13.0. The zero-order valence-corrected chi connectivity index (χ0v) is 13.1. The highest BCUT2D eigenvalue weighted by Gasteiger charge is 2.05. The minimum Gasteiger partial charge on any atom is -0.311 e. The lowest BCUT2D eigenvalue weighted by atomic mass is 10.1. The van der Waals surface area contributed by atoms with Gasteiger partial charge in [0.25, 0.3) is 0 Å². The van der Waals surface area contributed by atoms with E-state index in [1.807, 2.05) is 0 Å². The second kappa shape index (κ2) is 6.45. The third kappa shape index (κ3) is 3.40. The van der Waals surface area contributed by atoms with Gasteiger partial charge in [0.1, 0.15) is 5.01 Å². The summed E-state index contributed by atoms with van der Waals surface area (Å²) < 4.78 is 1.15. The molecule has 2 aromatic rings. The average molecular weight is 325 g/mol. The van der Waals surface area contributed by atoms with E-state index in [0.29, 0.717) is 0 Å². The normalized spacial score (nSPS) is 10.8. The molecule has 0 aliphatic rings. The number of aromatic nitrogens is 1. The van der Waals surface area contributed by atoms with Crippen LogP contribution in [0.3, 0.4) is 0 Å². The fraction of sp³-hybridized carbons (Fsp3) is 0.357. The molecular formula is C14H17BrN2S. The quantitative estimate of drug-likeness (QED) is 0.825. The monoisotopic (exact) mass is 324 g/mol. The molecule has 0 bridgehead atoms. The molecule has 0 amide bonds. The van der Waals surface area contributed by atoms with Gasteiger partial charge < -0.3 is 5.32 Å². The Bertz CT molecular complexity index is 522. The Balaban J connectivity index is 2.11. The smallest absolute Gasteiger partial charge is 0.123 e. The van der Waals surface area contributed by atoms with Gasteiger partial charge in [-0.25, -0.2) is 4.98 Å². The van der Waals surface area contributed by atoms with Crippen LogP contribution in [0.1, 0.15) is 24.6 Å². The summed E-state index contributed by atoms with van der Waals surface area (Å²) in [6, 6.07) is 6.37. The Labute approximate surface area is 121 Å². The number of rotatable bonds is 5. The fourth-order valence-electron chi connectivity index (χ4n) is 1.69. The highest BCUT2D eigenvalue weighted by Crippen LogP contribution is 2.27.